The molecule has 2 unspecified atom stereocenters. The molecule has 6 heteroatoms. The van der Waals surface area contributed by atoms with Gasteiger partial charge in [0, 0.05) is 11.1 Å². The fourth-order valence-corrected chi connectivity index (χ4v) is 2.42. The van der Waals surface area contributed by atoms with Gasteiger partial charge in [-0.2, -0.15) is 0 Å². The molecule has 98 valence electrons. The summed E-state index contributed by atoms with van der Waals surface area (Å²) in [6.45, 7) is 0. The van der Waals surface area contributed by atoms with Crippen LogP contribution in [0.2, 0.25) is 5.02 Å². The van der Waals surface area contributed by atoms with Crippen molar-refractivity contribution in [1.82, 2.24) is 0 Å². The summed E-state index contributed by atoms with van der Waals surface area (Å²) in [5.41, 5.74) is 0.357. The Morgan fingerprint density at radius 1 is 1.39 bits per heavy atom. The maximum Gasteiger partial charge on any atom is 0.293 e. The third kappa shape index (κ3) is 2.91. The Kier molecular flexibility index (Phi) is 4.04. The molecule has 0 spiro atoms. The van der Waals surface area contributed by atoms with Crippen LogP contribution in [0.3, 0.4) is 0 Å². The molecule has 0 heterocycles. The first-order valence-electron chi connectivity index (χ1n) is 5.96. The molecule has 18 heavy (non-hydrogen) atoms. The van der Waals surface area contributed by atoms with E-state index in [0.717, 1.165) is 25.7 Å². The van der Waals surface area contributed by atoms with Crippen LogP contribution in [0.4, 0.5) is 11.4 Å². The topological polar surface area (TPSA) is 75.4 Å². The maximum absolute atomic E-state index is 10.9. The van der Waals surface area contributed by atoms with Crippen LogP contribution in [0.1, 0.15) is 25.7 Å². The Labute approximate surface area is 110 Å². The van der Waals surface area contributed by atoms with Crippen LogP contribution in [0, 0.1) is 10.1 Å². The molecule has 1 aliphatic carbocycles. The zero-order valence-corrected chi connectivity index (χ0v) is 10.6. The van der Waals surface area contributed by atoms with E-state index in [1.807, 2.05) is 0 Å². The first-order valence-corrected chi connectivity index (χ1v) is 6.34. The highest BCUT2D eigenvalue weighted by molar-refractivity contribution is 6.30. The van der Waals surface area contributed by atoms with Gasteiger partial charge < -0.3 is 10.4 Å². The van der Waals surface area contributed by atoms with Crippen molar-refractivity contribution in [1.29, 1.82) is 0 Å². The number of nitro benzene ring substituents is 1. The number of anilines is 1. The molecule has 1 saturated carbocycles. The number of hydrogen-bond donors (Lipinski definition) is 2. The van der Waals surface area contributed by atoms with E-state index in [9.17, 15) is 15.2 Å². The molecule has 2 N–H and O–H groups in total. The van der Waals surface area contributed by atoms with E-state index < -0.39 is 11.0 Å². The average molecular weight is 271 g/mol. The molecule has 5 nitrogen and oxygen atoms in total. The number of nitrogens with zero attached hydrogens (tertiary/aromatic N) is 1. The second-order valence-electron chi connectivity index (χ2n) is 4.52. The second kappa shape index (κ2) is 5.54. The second-order valence-corrected chi connectivity index (χ2v) is 4.96. The SMILES string of the molecule is O=[N+]([O-])c1cc(Cl)ccc1NC1CCCCC1O. The molecule has 0 amide bonds. The van der Waals surface area contributed by atoms with Crippen molar-refractivity contribution >= 4 is 23.0 Å². The summed E-state index contributed by atoms with van der Waals surface area (Å²) in [5, 5.41) is 24.2. The van der Waals surface area contributed by atoms with Gasteiger partial charge in [0.1, 0.15) is 5.69 Å². The lowest BCUT2D eigenvalue weighted by atomic mass is 9.92. The van der Waals surface area contributed by atoms with Crippen molar-refractivity contribution in [2.45, 2.75) is 37.8 Å². The van der Waals surface area contributed by atoms with Gasteiger partial charge in [0.15, 0.2) is 0 Å². The molecule has 1 fully saturated rings. The molecular weight excluding hydrogens is 256 g/mol. The Morgan fingerprint density at radius 3 is 2.78 bits per heavy atom. The lowest BCUT2D eigenvalue weighted by molar-refractivity contribution is -0.384. The van der Waals surface area contributed by atoms with Crippen LogP contribution in [0.15, 0.2) is 18.2 Å². The summed E-state index contributed by atoms with van der Waals surface area (Å²) in [7, 11) is 0. The molecule has 0 bridgehead atoms. The highest BCUT2D eigenvalue weighted by Gasteiger charge is 2.25. The van der Waals surface area contributed by atoms with Gasteiger partial charge in [-0.15, -0.1) is 0 Å². The number of nitrogens with one attached hydrogen (secondary N) is 1. The predicted octanol–water partition coefficient (Wildman–Crippen LogP) is 2.96. The Bertz CT molecular complexity index is 453. The standard InChI is InChI=1S/C12H15ClN2O3/c13-8-5-6-9(11(7-8)15(17)18)14-10-3-1-2-4-12(10)16/h5-7,10,12,14,16H,1-4H2. The zero-order valence-electron chi connectivity index (χ0n) is 9.80. The predicted molar refractivity (Wildman–Crippen MR) is 70.0 cm³/mol. The number of nitro groups is 1. The minimum absolute atomic E-state index is 0.0553. The summed E-state index contributed by atoms with van der Waals surface area (Å²) in [4.78, 5) is 10.5. The number of halogens is 1. The quantitative estimate of drug-likeness (QED) is 0.654. The Balaban J connectivity index is 2.20. The minimum atomic E-state index is -0.469. The van der Waals surface area contributed by atoms with E-state index in [2.05, 4.69) is 5.32 Å². The van der Waals surface area contributed by atoms with Crippen molar-refractivity contribution in [3.8, 4) is 0 Å². The van der Waals surface area contributed by atoms with E-state index in [0.29, 0.717) is 10.7 Å². The summed E-state index contributed by atoms with van der Waals surface area (Å²) >= 11 is 5.75. The number of hydrogen-bond acceptors (Lipinski definition) is 4. The van der Waals surface area contributed by atoms with Crippen LogP contribution in [0.25, 0.3) is 0 Å². The molecule has 0 aliphatic heterocycles. The lowest BCUT2D eigenvalue weighted by Gasteiger charge is -2.29. The van der Waals surface area contributed by atoms with Crippen molar-refractivity contribution in [2.75, 3.05) is 5.32 Å². The smallest absolute Gasteiger partial charge is 0.293 e. The number of aliphatic hydroxyl groups is 1. The van der Waals surface area contributed by atoms with Gasteiger partial charge in [0.2, 0.25) is 0 Å². The normalized spacial score (nSPS) is 23.7. The Morgan fingerprint density at radius 2 is 2.11 bits per heavy atom. The van der Waals surface area contributed by atoms with E-state index >= 15 is 0 Å². The van der Waals surface area contributed by atoms with E-state index in [-0.39, 0.29) is 11.7 Å². The summed E-state index contributed by atoms with van der Waals surface area (Å²) in [6.07, 6.45) is 3.13. The van der Waals surface area contributed by atoms with Crippen molar-refractivity contribution in [2.24, 2.45) is 0 Å². The highest BCUT2D eigenvalue weighted by atomic mass is 35.5. The summed E-state index contributed by atoms with van der Waals surface area (Å²) in [6, 6.07) is 4.38. The lowest BCUT2D eigenvalue weighted by Crippen LogP contribution is -2.36. The van der Waals surface area contributed by atoms with Gasteiger partial charge >= 0.3 is 0 Å². The summed E-state index contributed by atoms with van der Waals surface area (Å²) in [5.74, 6) is 0. The molecule has 1 aliphatic rings. The third-order valence-corrected chi connectivity index (χ3v) is 3.46. The van der Waals surface area contributed by atoms with E-state index in [1.165, 1.54) is 6.07 Å². The first-order chi connectivity index (χ1) is 8.58. The summed E-state index contributed by atoms with van der Waals surface area (Å²) < 4.78 is 0. The molecule has 2 atom stereocenters. The van der Waals surface area contributed by atoms with Gasteiger partial charge in [-0.1, -0.05) is 24.4 Å². The molecule has 0 saturated heterocycles. The van der Waals surface area contributed by atoms with Crippen LogP contribution >= 0.6 is 11.6 Å². The highest BCUT2D eigenvalue weighted by Crippen LogP contribution is 2.30. The Hall–Kier alpha value is -1.33. The van der Waals surface area contributed by atoms with E-state index in [4.69, 9.17) is 11.6 Å². The first kappa shape index (κ1) is 13.1. The number of benzene rings is 1. The van der Waals surface area contributed by atoms with E-state index in [1.54, 1.807) is 12.1 Å². The van der Waals surface area contributed by atoms with Crippen LogP contribution in [0.5, 0.6) is 0 Å². The van der Waals surface area contributed by atoms with Gasteiger partial charge in [-0.05, 0) is 25.0 Å². The molecule has 1 aromatic carbocycles. The molecule has 1 aromatic rings. The van der Waals surface area contributed by atoms with Gasteiger partial charge in [0.25, 0.3) is 5.69 Å². The largest absolute Gasteiger partial charge is 0.391 e. The monoisotopic (exact) mass is 270 g/mol. The van der Waals surface area contributed by atoms with Crippen LogP contribution < -0.4 is 5.32 Å². The fraction of sp³-hybridized carbons (Fsp3) is 0.500. The van der Waals surface area contributed by atoms with Gasteiger partial charge in [-0.3, -0.25) is 10.1 Å². The zero-order chi connectivity index (χ0) is 13.1. The average Bonchev–Trinajstić information content (AvgIpc) is 2.34. The number of rotatable bonds is 3. The van der Waals surface area contributed by atoms with Gasteiger partial charge in [0.05, 0.1) is 17.1 Å². The maximum atomic E-state index is 10.9. The minimum Gasteiger partial charge on any atom is -0.391 e. The number of aliphatic hydroxyl groups excluding tert-OH is 1. The molecule has 0 radical (unpaired) electrons. The van der Waals surface area contributed by atoms with Crippen molar-refractivity contribution < 1.29 is 10.0 Å². The van der Waals surface area contributed by atoms with Crippen LogP contribution in [-0.2, 0) is 0 Å². The van der Waals surface area contributed by atoms with Gasteiger partial charge in [-0.25, -0.2) is 0 Å². The van der Waals surface area contributed by atoms with Crippen molar-refractivity contribution in [3.63, 3.8) is 0 Å². The third-order valence-electron chi connectivity index (χ3n) is 3.23. The van der Waals surface area contributed by atoms with Crippen LogP contribution in [-0.4, -0.2) is 22.2 Å². The van der Waals surface area contributed by atoms with Crippen molar-refractivity contribution in [3.05, 3.63) is 33.3 Å². The fourth-order valence-electron chi connectivity index (χ4n) is 2.26. The molecular formula is C12H15ClN2O3. The molecule has 2 rings (SSSR count). The molecule has 0 aromatic heterocycles.